The maximum Gasteiger partial charge on any atom is 0.132 e. The van der Waals surface area contributed by atoms with Crippen LogP contribution in [0.5, 0.6) is 0 Å². The maximum atomic E-state index is 6.75. The molecule has 2 aromatic heterocycles. The first-order chi connectivity index (χ1) is 12.5. The zero-order chi connectivity index (χ0) is 18.3. The Kier molecular flexibility index (Phi) is 4.62. The lowest BCUT2D eigenvalue weighted by Gasteiger charge is -2.26. The first-order valence-electron chi connectivity index (χ1n) is 9.40. The highest BCUT2D eigenvalue weighted by atomic mass is 35.5. The van der Waals surface area contributed by atoms with Crippen LogP contribution in [-0.4, -0.2) is 21.3 Å². The lowest BCUT2D eigenvalue weighted by atomic mass is 10.1. The van der Waals surface area contributed by atoms with E-state index in [1.165, 1.54) is 10.9 Å². The third-order valence-corrected chi connectivity index (χ3v) is 5.51. The molecule has 0 saturated carbocycles. The predicted molar refractivity (Wildman–Crippen MR) is 108 cm³/mol. The molecule has 0 aliphatic carbocycles. The fourth-order valence-electron chi connectivity index (χ4n) is 3.97. The summed E-state index contributed by atoms with van der Waals surface area (Å²) in [5.41, 5.74) is 3.24. The van der Waals surface area contributed by atoms with E-state index in [4.69, 9.17) is 21.7 Å². The van der Waals surface area contributed by atoms with Crippen LogP contribution in [0.15, 0.2) is 36.4 Å². The molecule has 1 aliphatic heterocycles. The van der Waals surface area contributed by atoms with Crippen molar-refractivity contribution in [3.8, 4) is 0 Å². The molecule has 136 valence electrons. The van der Waals surface area contributed by atoms with E-state index in [2.05, 4.69) is 56.0 Å². The zero-order valence-electron chi connectivity index (χ0n) is 15.6. The standard InChI is InChI=1S/C21H25ClN4/c1-14(2)13-26-21(22)20(15(3)24-26)18-9-6-12-25(18)19-11-10-16-7-4-5-8-17(16)23-19/h4-5,7-8,10-11,14,18H,6,9,12-13H2,1-3H3. The molecule has 0 N–H and O–H groups in total. The number of aryl methyl sites for hydroxylation is 1. The molecule has 3 aromatic rings. The second kappa shape index (κ2) is 6.92. The summed E-state index contributed by atoms with van der Waals surface area (Å²) < 4.78 is 1.96. The van der Waals surface area contributed by atoms with Gasteiger partial charge < -0.3 is 4.90 Å². The number of rotatable bonds is 4. The maximum absolute atomic E-state index is 6.75. The molecule has 1 unspecified atom stereocenters. The van der Waals surface area contributed by atoms with Gasteiger partial charge in [0.1, 0.15) is 11.0 Å². The smallest absolute Gasteiger partial charge is 0.132 e. The SMILES string of the molecule is Cc1nn(CC(C)C)c(Cl)c1C1CCCN1c1ccc2ccccc2n1. The number of hydrogen-bond acceptors (Lipinski definition) is 3. The molecule has 4 rings (SSSR count). The molecule has 1 atom stereocenters. The van der Waals surface area contributed by atoms with Gasteiger partial charge in [-0.15, -0.1) is 0 Å². The van der Waals surface area contributed by atoms with E-state index in [-0.39, 0.29) is 6.04 Å². The lowest BCUT2D eigenvalue weighted by Crippen LogP contribution is -2.24. The van der Waals surface area contributed by atoms with Crippen LogP contribution >= 0.6 is 11.6 Å². The molecule has 1 aromatic carbocycles. The third kappa shape index (κ3) is 3.07. The highest BCUT2D eigenvalue weighted by Gasteiger charge is 2.32. The minimum absolute atomic E-state index is 0.247. The van der Waals surface area contributed by atoms with Crippen LogP contribution < -0.4 is 4.90 Å². The summed E-state index contributed by atoms with van der Waals surface area (Å²) in [7, 11) is 0. The molecule has 4 nitrogen and oxygen atoms in total. The Bertz CT molecular complexity index is 931. The Morgan fingerprint density at radius 3 is 2.81 bits per heavy atom. The van der Waals surface area contributed by atoms with Crippen LogP contribution in [0.2, 0.25) is 5.15 Å². The van der Waals surface area contributed by atoms with Gasteiger partial charge >= 0.3 is 0 Å². The number of hydrogen-bond donors (Lipinski definition) is 0. The van der Waals surface area contributed by atoms with Crippen molar-refractivity contribution in [2.45, 2.75) is 46.2 Å². The van der Waals surface area contributed by atoms with Crippen LogP contribution in [-0.2, 0) is 6.54 Å². The summed E-state index contributed by atoms with van der Waals surface area (Å²) in [6.45, 7) is 8.30. The van der Waals surface area contributed by atoms with Crippen molar-refractivity contribution >= 4 is 28.3 Å². The summed E-state index contributed by atoms with van der Waals surface area (Å²) in [6.07, 6.45) is 2.23. The molecular formula is C21H25ClN4. The zero-order valence-corrected chi connectivity index (χ0v) is 16.4. The van der Waals surface area contributed by atoms with Gasteiger partial charge in [-0.3, -0.25) is 4.68 Å². The summed E-state index contributed by atoms with van der Waals surface area (Å²) in [6, 6.07) is 12.8. The molecule has 5 heteroatoms. The summed E-state index contributed by atoms with van der Waals surface area (Å²) in [4.78, 5) is 7.29. The largest absolute Gasteiger partial charge is 0.349 e. The molecule has 26 heavy (non-hydrogen) atoms. The quantitative estimate of drug-likeness (QED) is 0.619. The van der Waals surface area contributed by atoms with E-state index >= 15 is 0 Å². The van der Waals surface area contributed by atoms with Crippen molar-refractivity contribution in [3.63, 3.8) is 0 Å². The average Bonchev–Trinajstić information content (AvgIpc) is 3.19. The molecular weight excluding hydrogens is 344 g/mol. The number of para-hydroxylation sites is 1. The van der Waals surface area contributed by atoms with Gasteiger partial charge in [0.15, 0.2) is 0 Å². The first kappa shape index (κ1) is 17.3. The van der Waals surface area contributed by atoms with Crippen molar-refractivity contribution < 1.29 is 0 Å². The Morgan fingerprint density at radius 1 is 1.19 bits per heavy atom. The van der Waals surface area contributed by atoms with Crippen LogP contribution in [0.25, 0.3) is 10.9 Å². The van der Waals surface area contributed by atoms with Gasteiger partial charge in [-0.1, -0.05) is 43.6 Å². The van der Waals surface area contributed by atoms with Crippen LogP contribution in [0.1, 0.15) is 44.0 Å². The number of benzene rings is 1. The van der Waals surface area contributed by atoms with E-state index < -0.39 is 0 Å². The third-order valence-electron chi connectivity index (χ3n) is 5.11. The fourth-order valence-corrected chi connectivity index (χ4v) is 4.34. The minimum Gasteiger partial charge on any atom is -0.349 e. The Morgan fingerprint density at radius 2 is 2.00 bits per heavy atom. The molecule has 1 saturated heterocycles. The predicted octanol–water partition coefficient (Wildman–Crippen LogP) is 5.39. The van der Waals surface area contributed by atoms with Crippen LogP contribution in [0.3, 0.4) is 0 Å². The van der Waals surface area contributed by atoms with E-state index in [0.717, 1.165) is 48.1 Å². The molecule has 1 fully saturated rings. The number of nitrogens with zero attached hydrogens (tertiary/aromatic N) is 4. The minimum atomic E-state index is 0.247. The van der Waals surface area contributed by atoms with E-state index in [9.17, 15) is 0 Å². The fraction of sp³-hybridized carbons (Fsp3) is 0.429. The van der Waals surface area contributed by atoms with Gasteiger partial charge in [0.2, 0.25) is 0 Å². The van der Waals surface area contributed by atoms with Crippen molar-refractivity contribution in [2.75, 3.05) is 11.4 Å². The van der Waals surface area contributed by atoms with E-state index in [1.807, 2.05) is 10.7 Å². The van der Waals surface area contributed by atoms with Gasteiger partial charge in [-0.25, -0.2) is 4.98 Å². The van der Waals surface area contributed by atoms with E-state index in [0.29, 0.717) is 5.92 Å². The summed E-state index contributed by atoms with van der Waals surface area (Å²) >= 11 is 6.75. The molecule has 0 bridgehead atoms. The van der Waals surface area contributed by atoms with Gasteiger partial charge in [0.05, 0.1) is 17.3 Å². The van der Waals surface area contributed by atoms with Crippen molar-refractivity contribution in [2.24, 2.45) is 5.92 Å². The highest BCUT2D eigenvalue weighted by Crippen LogP contribution is 2.40. The normalized spacial score (nSPS) is 17.6. The topological polar surface area (TPSA) is 34.0 Å². The molecule has 3 heterocycles. The monoisotopic (exact) mass is 368 g/mol. The number of halogens is 1. The Hall–Kier alpha value is -2.07. The van der Waals surface area contributed by atoms with Crippen LogP contribution in [0, 0.1) is 12.8 Å². The second-order valence-electron chi connectivity index (χ2n) is 7.58. The summed E-state index contributed by atoms with van der Waals surface area (Å²) in [5.74, 6) is 1.54. The summed E-state index contributed by atoms with van der Waals surface area (Å²) in [5, 5.41) is 6.67. The highest BCUT2D eigenvalue weighted by molar-refractivity contribution is 6.30. The van der Waals surface area contributed by atoms with Crippen molar-refractivity contribution in [1.29, 1.82) is 0 Å². The van der Waals surface area contributed by atoms with Gasteiger partial charge in [-0.05, 0) is 43.9 Å². The van der Waals surface area contributed by atoms with Crippen molar-refractivity contribution in [1.82, 2.24) is 14.8 Å². The Balaban J connectivity index is 1.71. The molecule has 0 spiro atoms. The number of pyridine rings is 1. The molecule has 1 aliphatic rings. The van der Waals surface area contributed by atoms with Crippen LogP contribution in [0.4, 0.5) is 5.82 Å². The molecule has 0 radical (unpaired) electrons. The van der Waals surface area contributed by atoms with Gasteiger partial charge in [0, 0.05) is 24.0 Å². The lowest BCUT2D eigenvalue weighted by molar-refractivity contribution is 0.481. The van der Waals surface area contributed by atoms with E-state index in [1.54, 1.807) is 0 Å². The first-order valence-corrected chi connectivity index (χ1v) is 9.77. The van der Waals surface area contributed by atoms with Gasteiger partial charge in [0.25, 0.3) is 0 Å². The number of fused-ring (bicyclic) bond motifs is 1. The van der Waals surface area contributed by atoms with Gasteiger partial charge in [-0.2, -0.15) is 5.10 Å². The van der Waals surface area contributed by atoms with Crippen molar-refractivity contribution in [3.05, 3.63) is 52.8 Å². The second-order valence-corrected chi connectivity index (χ2v) is 7.94. The average molecular weight is 369 g/mol. The number of aromatic nitrogens is 3. The molecule has 0 amide bonds. The number of anilines is 1. The Labute approximate surface area is 159 Å².